The first kappa shape index (κ1) is 13.5. The minimum atomic E-state index is 0.0723. The summed E-state index contributed by atoms with van der Waals surface area (Å²) in [5.74, 6) is 0.990. The highest BCUT2D eigenvalue weighted by atomic mass is 16.5. The van der Waals surface area contributed by atoms with Crippen LogP contribution >= 0.6 is 0 Å². The van der Waals surface area contributed by atoms with Crippen molar-refractivity contribution in [2.75, 3.05) is 13.2 Å². The van der Waals surface area contributed by atoms with E-state index in [2.05, 4.69) is 16.0 Å². The molecule has 1 aromatic heterocycles. The summed E-state index contributed by atoms with van der Waals surface area (Å²) in [5.41, 5.74) is 9.04. The van der Waals surface area contributed by atoms with Crippen LogP contribution in [-0.4, -0.2) is 23.1 Å². The number of aryl methyl sites for hydroxylation is 1. The van der Waals surface area contributed by atoms with Crippen molar-refractivity contribution in [3.05, 3.63) is 53.6 Å². The van der Waals surface area contributed by atoms with Gasteiger partial charge in [0.05, 0.1) is 12.3 Å². The lowest BCUT2D eigenvalue weighted by Gasteiger charge is -2.16. The van der Waals surface area contributed by atoms with Gasteiger partial charge in [-0.2, -0.15) is 0 Å². The molecule has 0 radical (unpaired) electrons. The minimum absolute atomic E-state index is 0.0723. The molecule has 0 bridgehead atoms. The maximum Gasteiger partial charge on any atom is 0.122 e. The zero-order valence-electron chi connectivity index (χ0n) is 11.3. The van der Waals surface area contributed by atoms with E-state index >= 15 is 0 Å². The fourth-order valence-corrected chi connectivity index (χ4v) is 2.12. The molecule has 4 nitrogen and oxygen atoms in total. The number of hydrogen-bond donors (Lipinski definition) is 1. The summed E-state index contributed by atoms with van der Waals surface area (Å²) in [4.78, 5) is 8.45. The maximum atomic E-state index is 5.88. The van der Waals surface area contributed by atoms with Crippen molar-refractivity contribution in [1.82, 2.24) is 9.97 Å². The molecule has 1 aromatic carbocycles. The molecule has 4 heteroatoms. The molecule has 2 rings (SSSR count). The van der Waals surface area contributed by atoms with Gasteiger partial charge < -0.3 is 10.5 Å². The summed E-state index contributed by atoms with van der Waals surface area (Å²) >= 11 is 0. The Kier molecular flexibility index (Phi) is 4.47. The van der Waals surface area contributed by atoms with Gasteiger partial charge in [-0.3, -0.25) is 9.97 Å². The molecular weight excluding hydrogens is 238 g/mol. The fourth-order valence-electron chi connectivity index (χ4n) is 2.12. The summed E-state index contributed by atoms with van der Waals surface area (Å²) in [6, 6.07) is 6.15. The van der Waals surface area contributed by atoms with Crippen LogP contribution in [0.3, 0.4) is 0 Å². The van der Waals surface area contributed by atoms with Gasteiger partial charge in [0.1, 0.15) is 5.75 Å². The van der Waals surface area contributed by atoms with E-state index in [1.807, 2.05) is 26.0 Å². The number of hydrogen-bond acceptors (Lipinski definition) is 4. The van der Waals surface area contributed by atoms with Gasteiger partial charge >= 0.3 is 0 Å². The van der Waals surface area contributed by atoms with E-state index < -0.39 is 0 Å². The topological polar surface area (TPSA) is 61.0 Å². The second-order valence-electron chi connectivity index (χ2n) is 4.38. The quantitative estimate of drug-likeness (QED) is 0.892. The zero-order valence-corrected chi connectivity index (χ0v) is 11.3. The van der Waals surface area contributed by atoms with Crippen LogP contribution in [-0.2, 0) is 0 Å². The van der Waals surface area contributed by atoms with Crippen molar-refractivity contribution in [1.29, 1.82) is 0 Å². The van der Waals surface area contributed by atoms with Gasteiger partial charge in [-0.25, -0.2) is 0 Å². The molecule has 1 atom stereocenters. The van der Waals surface area contributed by atoms with E-state index in [0.29, 0.717) is 13.2 Å². The minimum Gasteiger partial charge on any atom is -0.494 e. The Morgan fingerprint density at radius 2 is 2.16 bits per heavy atom. The van der Waals surface area contributed by atoms with Crippen LogP contribution in [0, 0.1) is 6.92 Å². The lowest BCUT2D eigenvalue weighted by atomic mass is 9.94. The predicted octanol–water partition coefficient (Wildman–Crippen LogP) is 2.27. The van der Waals surface area contributed by atoms with Gasteiger partial charge in [-0.05, 0) is 31.0 Å². The van der Waals surface area contributed by atoms with E-state index in [4.69, 9.17) is 10.5 Å². The third-order valence-electron chi connectivity index (χ3n) is 3.08. The Labute approximate surface area is 113 Å². The van der Waals surface area contributed by atoms with Gasteiger partial charge in [-0.1, -0.05) is 12.1 Å². The first-order chi connectivity index (χ1) is 9.26. The van der Waals surface area contributed by atoms with Crippen LogP contribution in [0.2, 0.25) is 0 Å². The molecule has 100 valence electrons. The normalized spacial score (nSPS) is 12.2. The van der Waals surface area contributed by atoms with Gasteiger partial charge in [0, 0.05) is 31.1 Å². The summed E-state index contributed by atoms with van der Waals surface area (Å²) in [6.07, 6.45) is 5.13. The number of ether oxygens (including phenoxy) is 1. The lowest BCUT2D eigenvalue weighted by Crippen LogP contribution is -2.15. The molecular formula is C15H19N3O. The highest BCUT2D eigenvalue weighted by Gasteiger charge is 2.15. The summed E-state index contributed by atoms with van der Waals surface area (Å²) in [6.45, 7) is 5.20. The van der Waals surface area contributed by atoms with E-state index in [1.54, 1.807) is 18.6 Å². The fraction of sp³-hybridized carbons (Fsp3) is 0.333. The number of rotatable bonds is 5. The lowest BCUT2D eigenvalue weighted by molar-refractivity contribution is 0.337. The largest absolute Gasteiger partial charge is 0.494 e. The van der Waals surface area contributed by atoms with E-state index in [0.717, 1.165) is 22.6 Å². The molecule has 0 aliphatic rings. The molecule has 0 amide bonds. The van der Waals surface area contributed by atoms with Gasteiger partial charge in [0.25, 0.3) is 0 Å². The average molecular weight is 257 g/mol. The molecule has 19 heavy (non-hydrogen) atoms. The van der Waals surface area contributed by atoms with E-state index in [9.17, 15) is 0 Å². The summed E-state index contributed by atoms with van der Waals surface area (Å²) in [7, 11) is 0. The molecule has 0 saturated carbocycles. The van der Waals surface area contributed by atoms with Gasteiger partial charge in [0.2, 0.25) is 0 Å². The molecule has 0 saturated heterocycles. The SMILES string of the molecule is CCOc1ccc(C(CN)c2cnccn2)cc1C. The smallest absolute Gasteiger partial charge is 0.122 e. The zero-order chi connectivity index (χ0) is 13.7. The highest BCUT2D eigenvalue weighted by Crippen LogP contribution is 2.26. The number of nitrogens with two attached hydrogens (primary N) is 1. The predicted molar refractivity (Wildman–Crippen MR) is 75.3 cm³/mol. The van der Waals surface area contributed by atoms with Crippen molar-refractivity contribution in [2.45, 2.75) is 19.8 Å². The Bertz CT molecular complexity index is 528. The van der Waals surface area contributed by atoms with Crippen LogP contribution in [0.25, 0.3) is 0 Å². The first-order valence-corrected chi connectivity index (χ1v) is 6.45. The summed E-state index contributed by atoms with van der Waals surface area (Å²) in [5, 5.41) is 0. The second kappa shape index (κ2) is 6.29. The molecule has 0 fully saturated rings. The van der Waals surface area contributed by atoms with E-state index in [1.165, 1.54) is 0 Å². The first-order valence-electron chi connectivity index (χ1n) is 6.45. The second-order valence-corrected chi connectivity index (χ2v) is 4.38. The highest BCUT2D eigenvalue weighted by molar-refractivity contribution is 5.39. The van der Waals surface area contributed by atoms with Crippen molar-refractivity contribution in [3.63, 3.8) is 0 Å². The Morgan fingerprint density at radius 3 is 2.74 bits per heavy atom. The monoisotopic (exact) mass is 257 g/mol. The Hall–Kier alpha value is -1.94. The van der Waals surface area contributed by atoms with Crippen LogP contribution in [0.1, 0.15) is 29.7 Å². The molecule has 0 spiro atoms. The maximum absolute atomic E-state index is 5.88. The van der Waals surface area contributed by atoms with Crippen molar-refractivity contribution < 1.29 is 4.74 Å². The van der Waals surface area contributed by atoms with Gasteiger partial charge in [0.15, 0.2) is 0 Å². The molecule has 1 unspecified atom stereocenters. The Morgan fingerprint density at radius 1 is 1.32 bits per heavy atom. The third-order valence-corrected chi connectivity index (χ3v) is 3.08. The van der Waals surface area contributed by atoms with Crippen LogP contribution in [0.5, 0.6) is 5.75 Å². The average Bonchev–Trinajstić information content (AvgIpc) is 2.44. The van der Waals surface area contributed by atoms with Crippen molar-refractivity contribution in [3.8, 4) is 5.75 Å². The van der Waals surface area contributed by atoms with Crippen LogP contribution < -0.4 is 10.5 Å². The van der Waals surface area contributed by atoms with Crippen molar-refractivity contribution >= 4 is 0 Å². The molecule has 0 aliphatic carbocycles. The standard InChI is InChI=1S/C15H19N3O/c1-3-19-15-5-4-12(8-11(15)2)13(9-16)14-10-17-6-7-18-14/h4-8,10,13H,3,9,16H2,1-2H3. The van der Waals surface area contributed by atoms with E-state index in [-0.39, 0.29) is 5.92 Å². The Balaban J connectivity index is 2.32. The summed E-state index contributed by atoms with van der Waals surface area (Å²) < 4.78 is 5.55. The molecule has 2 aromatic rings. The number of nitrogens with zero attached hydrogens (tertiary/aromatic N) is 2. The molecule has 2 N–H and O–H groups in total. The number of aromatic nitrogens is 2. The van der Waals surface area contributed by atoms with Crippen LogP contribution in [0.4, 0.5) is 0 Å². The van der Waals surface area contributed by atoms with Crippen LogP contribution in [0.15, 0.2) is 36.8 Å². The molecule has 1 heterocycles. The molecule has 0 aliphatic heterocycles. The van der Waals surface area contributed by atoms with Gasteiger partial charge in [-0.15, -0.1) is 0 Å². The number of benzene rings is 1. The third kappa shape index (κ3) is 3.09. The van der Waals surface area contributed by atoms with Crippen molar-refractivity contribution in [2.24, 2.45) is 5.73 Å².